The van der Waals surface area contributed by atoms with E-state index < -0.39 is 0 Å². The average molecular weight is 403 g/mol. The molecule has 0 amide bonds. The van der Waals surface area contributed by atoms with Crippen molar-refractivity contribution in [3.8, 4) is 16.9 Å². The molecule has 5 heteroatoms. The fourth-order valence-electron chi connectivity index (χ4n) is 2.63. The van der Waals surface area contributed by atoms with Gasteiger partial charge in [-0.1, -0.05) is 69.7 Å². The van der Waals surface area contributed by atoms with Crippen LogP contribution in [0, 0.1) is 0 Å². The standard InChI is InChI=1S/C21H15BrN4/c22-17-11-13-18(14-12-17)23-15-20-21(16-7-3-1-4-8-16)24-25-26(20)19-9-5-2-6-10-19/h1-15H. The average Bonchev–Trinajstić information content (AvgIpc) is 3.13. The van der Waals surface area contributed by atoms with E-state index in [1.807, 2.05) is 95.8 Å². The van der Waals surface area contributed by atoms with Gasteiger partial charge in [0, 0.05) is 10.0 Å². The molecule has 0 aliphatic rings. The molecule has 0 aliphatic heterocycles. The number of benzene rings is 3. The van der Waals surface area contributed by atoms with Crippen LogP contribution in [0.4, 0.5) is 5.69 Å². The third-order valence-corrected chi connectivity index (χ3v) is 4.44. The monoisotopic (exact) mass is 402 g/mol. The van der Waals surface area contributed by atoms with Crippen LogP contribution < -0.4 is 0 Å². The molecule has 0 unspecified atom stereocenters. The molecular formula is C21H15BrN4. The molecule has 4 aromatic rings. The lowest BCUT2D eigenvalue weighted by molar-refractivity contribution is 0.800. The van der Waals surface area contributed by atoms with Crippen LogP contribution in [0.5, 0.6) is 0 Å². The Morgan fingerprint density at radius 2 is 1.46 bits per heavy atom. The van der Waals surface area contributed by atoms with E-state index in [-0.39, 0.29) is 0 Å². The third-order valence-electron chi connectivity index (χ3n) is 3.92. The van der Waals surface area contributed by atoms with Gasteiger partial charge in [0.05, 0.1) is 17.6 Å². The van der Waals surface area contributed by atoms with Crippen molar-refractivity contribution in [1.82, 2.24) is 15.0 Å². The number of rotatable bonds is 4. The van der Waals surface area contributed by atoms with Crippen molar-refractivity contribution in [1.29, 1.82) is 0 Å². The van der Waals surface area contributed by atoms with Crippen molar-refractivity contribution >= 4 is 27.8 Å². The fraction of sp³-hybridized carbons (Fsp3) is 0. The molecule has 0 N–H and O–H groups in total. The lowest BCUT2D eigenvalue weighted by Crippen LogP contribution is -2.02. The maximum absolute atomic E-state index is 4.62. The second-order valence-electron chi connectivity index (χ2n) is 5.67. The highest BCUT2D eigenvalue weighted by molar-refractivity contribution is 9.10. The molecule has 0 spiro atoms. The van der Waals surface area contributed by atoms with Crippen LogP contribution in [0.2, 0.25) is 0 Å². The van der Waals surface area contributed by atoms with Crippen molar-refractivity contribution in [2.24, 2.45) is 4.99 Å². The van der Waals surface area contributed by atoms with Gasteiger partial charge in [-0.05, 0) is 36.4 Å². The predicted molar refractivity (Wildman–Crippen MR) is 108 cm³/mol. The molecule has 1 heterocycles. The second-order valence-corrected chi connectivity index (χ2v) is 6.59. The van der Waals surface area contributed by atoms with Gasteiger partial charge in [0.25, 0.3) is 0 Å². The SMILES string of the molecule is Brc1ccc(N=Cc2c(-c3ccccc3)nnn2-c2ccccc2)cc1. The number of para-hydroxylation sites is 1. The zero-order valence-electron chi connectivity index (χ0n) is 13.8. The van der Waals surface area contributed by atoms with Gasteiger partial charge in [0.2, 0.25) is 0 Å². The molecule has 26 heavy (non-hydrogen) atoms. The zero-order valence-corrected chi connectivity index (χ0v) is 15.4. The van der Waals surface area contributed by atoms with Crippen molar-refractivity contribution in [3.63, 3.8) is 0 Å². The normalized spacial score (nSPS) is 11.1. The van der Waals surface area contributed by atoms with Crippen molar-refractivity contribution in [2.45, 2.75) is 0 Å². The lowest BCUT2D eigenvalue weighted by Gasteiger charge is -2.04. The summed E-state index contributed by atoms with van der Waals surface area (Å²) >= 11 is 3.44. The fourth-order valence-corrected chi connectivity index (χ4v) is 2.89. The number of aromatic nitrogens is 3. The van der Waals surface area contributed by atoms with Crippen molar-refractivity contribution in [2.75, 3.05) is 0 Å². The summed E-state index contributed by atoms with van der Waals surface area (Å²) in [6.07, 6.45) is 1.82. The number of halogens is 1. The molecule has 1 aromatic heterocycles. The van der Waals surface area contributed by atoms with E-state index in [0.29, 0.717) is 0 Å². The maximum Gasteiger partial charge on any atom is 0.122 e. The molecule has 0 saturated carbocycles. The number of nitrogens with zero attached hydrogens (tertiary/aromatic N) is 4. The second kappa shape index (κ2) is 7.45. The summed E-state index contributed by atoms with van der Waals surface area (Å²) in [4.78, 5) is 4.62. The van der Waals surface area contributed by atoms with Crippen LogP contribution in [-0.2, 0) is 0 Å². The lowest BCUT2D eigenvalue weighted by atomic mass is 10.1. The quantitative estimate of drug-likeness (QED) is 0.426. The minimum absolute atomic E-state index is 0.801. The molecule has 4 nitrogen and oxygen atoms in total. The van der Waals surface area contributed by atoms with E-state index in [2.05, 4.69) is 31.2 Å². The Hall–Kier alpha value is -3.05. The number of hydrogen-bond donors (Lipinski definition) is 0. The van der Waals surface area contributed by atoms with Gasteiger partial charge in [0.15, 0.2) is 0 Å². The van der Waals surface area contributed by atoms with Crippen LogP contribution in [0.25, 0.3) is 16.9 Å². The smallest absolute Gasteiger partial charge is 0.122 e. The highest BCUT2D eigenvalue weighted by Gasteiger charge is 2.14. The van der Waals surface area contributed by atoms with E-state index in [0.717, 1.165) is 32.8 Å². The first-order chi connectivity index (χ1) is 12.8. The molecule has 0 atom stereocenters. The topological polar surface area (TPSA) is 43.1 Å². The molecule has 0 aliphatic carbocycles. The molecule has 3 aromatic carbocycles. The Morgan fingerprint density at radius 1 is 0.808 bits per heavy atom. The van der Waals surface area contributed by atoms with Crippen LogP contribution in [0.3, 0.4) is 0 Å². The van der Waals surface area contributed by atoms with E-state index in [9.17, 15) is 0 Å². The largest absolute Gasteiger partial charge is 0.255 e. The van der Waals surface area contributed by atoms with E-state index in [1.165, 1.54) is 0 Å². The van der Waals surface area contributed by atoms with E-state index >= 15 is 0 Å². The summed E-state index contributed by atoms with van der Waals surface area (Å²) in [5, 5.41) is 8.76. The Bertz CT molecular complexity index is 966. The summed E-state index contributed by atoms with van der Waals surface area (Å²) in [6, 6.07) is 27.8. The summed E-state index contributed by atoms with van der Waals surface area (Å²) < 4.78 is 2.84. The first kappa shape index (κ1) is 16.4. The molecule has 126 valence electrons. The first-order valence-electron chi connectivity index (χ1n) is 8.17. The Balaban J connectivity index is 1.81. The zero-order chi connectivity index (χ0) is 17.8. The Kier molecular flexibility index (Phi) is 4.71. The molecule has 0 bridgehead atoms. The van der Waals surface area contributed by atoms with Crippen LogP contribution in [-0.4, -0.2) is 21.2 Å². The minimum Gasteiger partial charge on any atom is -0.255 e. The predicted octanol–water partition coefficient (Wildman–Crippen LogP) is 5.45. The summed E-state index contributed by atoms with van der Waals surface area (Å²) in [7, 11) is 0. The number of aliphatic imine (C=N–C) groups is 1. The molecule has 4 rings (SSSR count). The van der Waals surface area contributed by atoms with Gasteiger partial charge in [-0.25, -0.2) is 4.68 Å². The highest BCUT2D eigenvalue weighted by atomic mass is 79.9. The van der Waals surface area contributed by atoms with Gasteiger partial charge in [-0.3, -0.25) is 4.99 Å². The molecule has 0 radical (unpaired) electrons. The molecule has 0 fully saturated rings. The van der Waals surface area contributed by atoms with E-state index in [4.69, 9.17) is 0 Å². The van der Waals surface area contributed by atoms with Gasteiger partial charge >= 0.3 is 0 Å². The summed E-state index contributed by atoms with van der Waals surface area (Å²) in [5.41, 5.74) is 4.46. The number of hydrogen-bond acceptors (Lipinski definition) is 3. The van der Waals surface area contributed by atoms with E-state index in [1.54, 1.807) is 0 Å². The van der Waals surface area contributed by atoms with Gasteiger partial charge < -0.3 is 0 Å². The van der Waals surface area contributed by atoms with Crippen LogP contribution in [0.1, 0.15) is 5.69 Å². The van der Waals surface area contributed by atoms with Crippen LogP contribution in [0.15, 0.2) is 94.4 Å². The molecule has 0 saturated heterocycles. The highest BCUT2D eigenvalue weighted by Crippen LogP contribution is 2.23. The maximum atomic E-state index is 4.62. The van der Waals surface area contributed by atoms with Gasteiger partial charge in [-0.15, -0.1) is 5.10 Å². The molecular weight excluding hydrogens is 388 g/mol. The Labute approximate surface area is 160 Å². The first-order valence-corrected chi connectivity index (χ1v) is 8.97. The summed E-state index contributed by atoms with van der Waals surface area (Å²) in [6.45, 7) is 0. The van der Waals surface area contributed by atoms with Crippen molar-refractivity contribution < 1.29 is 0 Å². The van der Waals surface area contributed by atoms with Gasteiger partial charge in [0.1, 0.15) is 11.4 Å². The van der Waals surface area contributed by atoms with Gasteiger partial charge in [-0.2, -0.15) is 0 Å². The third kappa shape index (κ3) is 3.48. The van der Waals surface area contributed by atoms with Crippen molar-refractivity contribution in [3.05, 3.63) is 95.1 Å². The minimum atomic E-state index is 0.801. The van der Waals surface area contributed by atoms with Crippen LogP contribution >= 0.6 is 15.9 Å². The summed E-state index contributed by atoms with van der Waals surface area (Å²) in [5.74, 6) is 0. The Morgan fingerprint density at radius 3 is 2.15 bits per heavy atom.